The molecule has 0 fully saturated rings. The second-order valence-electron chi connectivity index (χ2n) is 5.55. The van der Waals surface area contributed by atoms with Gasteiger partial charge in [-0.3, -0.25) is 4.57 Å². The van der Waals surface area contributed by atoms with Crippen LogP contribution in [0.25, 0.3) is 0 Å². The number of unbranched alkanes of at least 4 members (excludes halogenated alkanes) is 4. The Kier molecular flexibility index (Phi) is 13.2. The van der Waals surface area contributed by atoms with Gasteiger partial charge in [-0.2, -0.15) is 0 Å². The molecule has 4 nitrogen and oxygen atoms in total. The minimum Gasteiger partial charge on any atom is -0.389 e. The van der Waals surface area contributed by atoms with Crippen LogP contribution in [0, 0.1) is 0 Å². The molecular formula is C17H35O4P. The normalized spacial score (nSPS) is 14.3. The van der Waals surface area contributed by atoms with E-state index in [0.717, 1.165) is 37.7 Å². The smallest absolute Gasteiger partial charge is 0.354 e. The zero-order chi connectivity index (χ0) is 16.8. The topological polar surface area (TPSA) is 55.8 Å². The summed E-state index contributed by atoms with van der Waals surface area (Å²) < 4.78 is 23.3. The highest BCUT2D eigenvalue weighted by molar-refractivity contribution is 7.57. The molecule has 0 amide bonds. The van der Waals surface area contributed by atoms with Crippen molar-refractivity contribution in [3.05, 3.63) is 11.4 Å². The van der Waals surface area contributed by atoms with E-state index in [1.165, 1.54) is 12.8 Å². The molecule has 0 saturated carbocycles. The summed E-state index contributed by atoms with van der Waals surface area (Å²) in [6, 6.07) is 0. The first kappa shape index (κ1) is 21.9. The Labute approximate surface area is 136 Å². The van der Waals surface area contributed by atoms with Crippen LogP contribution in [0.5, 0.6) is 0 Å². The summed E-state index contributed by atoms with van der Waals surface area (Å²) in [5.74, 6) is 1.57. The lowest BCUT2D eigenvalue weighted by atomic mass is 10.00. The minimum absolute atomic E-state index is 0.335. The molecule has 0 aliphatic heterocycles. The summed E-state index contributed by atoms with van der Waals surface area (Å²) in [6.45, 7) is 8.54. The Morgan fingerprint density at radius 1 is 1.00 bits per heavy atom. The minimum atomic E-state index is -3.24. The average molecular weight is 334 g/mol. The third-order valence-corrected chi connectivity index (χ3v) is 5.40. The summed E-state index contributed by atoms with van der Waals surface area (Å²) in [4.78, 5) is 0. The van der Waals surface area contributed by atoms with Crippen molar-refractivity contribution >= 4 is 7.60 Å². The predicted octanol–water partition coefficient (Wildman–Crippen LogP) is 5.66. The van der Waals surface area contributed by atoms with Crippen LogP contribution in [-0.2, 0) is 13.6 Å². The number of rotatable bonds is 14. The second-order valence-corrected chi connectivity index (χ2v) is 7.40. The molecule has 0 heterocycles. The monoisotopic (exact) mass is 334 g/mol. The van der Waals surface area contributed by atoms with Crippen molar-refractivity contribution in [1.82, 2.24) is 0 Å². The molecule has 0 bridgehead atoms. The van der Waals surface area contributed by atoms with Crippen LogP contribution < -0.4 is 0 Å². The van der Waals surface area contributed by atoms with E-state index in [4.69, 9.17) is 9.05 Å². The van der Waals surface area contributed by atoms with Crippen molar-refractivity contribution in [2.45, 2.75) is 85.2 Å². The number of hydrogen-bond donors (Lipinski definition) is 1. The maximum atomic E-state index is 12.6. The largest absolute Gasteiger partial charge is 0.389 e. The molecule has 0 aliphatic rings. The van der Waals surface area contributed by atoms with E-state index in [2.05, 4.69) is 13.8 Å². The molecule has 0 aromatic carbocycles. The third kappa shape index (κ3) is 9.78. The van der Waals surface area contributed by atoms with Crippen LogP contribution in [0.1, 0.15) is 79.1 Å². The van der Waals surface area contributed by atoms with Gasteiger partial charge < -0.3 is 14.2 Å². The van der Waals surface area contributed by atoms with E-state index in [1.54, 1.807) is 19.7 Å². The zero-order valence-corrected chi connectivity index (χ0v) is 15.7. The van der Waals surface area contributed by atoms with Crippen molar-refractivity contribution in [1.29, 1.82) is 0 Å². The van der Waals surface area contributed by atoms with Gasteiger partial charge in [-0.1, -0.05) is 46.0 Å². The molecule has 0 aromatic rings. The average Bonchev–Trinajstić information content (AvgIpc) is 2.48. The first-order valence-electron chi connectivity index (χ1n) is 8.81. The van der Waals surface area contributed by atoms with Crippen LogP contribution in [0.4, 0.5) is 0 Å². The molecule has 1 atom stereocenters. The van der Waals surface area contributed by atoms with E-state index in [-0.39, 0.29) is 0 Å². The van der Waals surface area contributed by atoms with Gasteiger partial charge in [-0.05, 0) is 38.7 Å². The maximum absolute atomic E-state index is 12.6. The van der Waals surface area contributed by atoms with Crippen LogP contribution in [0.2, 0.25) is 0 Å². The maximum Gasteiger partial charge on any atom is 0.354 e. The van der Waals surface area contributed by atoms with Gasteiger partial charge >= 0.3 is 7.60 Å². The van der Waals surface area contributed by atoms with E-state index in [9.17, 15) is 9.67 Å². The summed E-state index contributed by atoms with van der Waals surface area (Å²) in [7, 11) is -3.24. The van der Waals surface area contributed by atoms with E-state index in [1.807, 2.05) is 0 Å². The van der Waals surface area contributed by atoms with E-state index in [0.29, 0.717) is 19.6 Å². The number of hydrogen-bond acceptors (Lipinski definition) is 4. The molecule has 0 saturated heterocycles. The Morgan fingerprint density at radius 2 is 1.59 bits per heavy atom. The summed E-state index contributed by atoms with van der Waals surface area (Å²) >= 11 is 0. The molecule has 0 aliphatic carbocycles. The highest BCUT2D eigenvalue weighted by atomic mass is 31.2. The number of aliphatic hydroxyl groups excluding tert-OH is 1. The van der Waals surface area contributed by atoms with Gasteiger partial charge in [0, 0.05) is 5.82 Å². The zero-order valence-electron chi connectivity index (χ0n) is 14.8. The molecule has 0 radical (unpaired) electrons. The molecule has 0 aromatic heterocycles. The van der Waals surface area contributed by atoms with Crippen molar-refractivity contribution in [3.63, 3.8) is 0 Å². The lowest BCUT2D eigenvalue weighted by molar-refractivity contribution is 0.189. The Hall–Kier alpha value is -0.150. The Bertz CT molecular complexity index is 332. The Morgan fingerprint density at radius 3 is 2.09 bits per heavy atom. The SMILES string of the molecule is CCCCCCC(O)/C(=C/P(=O)(OCC)OCC)CCCC. The van der Waals surface area contributed by atoms with Crippen LogP contribution >= 0.6 is 7.60 Å². The standard InChI is InChI=1S/C17H35O4P/c1-5-9-11-12-14-17(18)16(13-10-6-2)15-22(19,20-7-3)21-8-4/h15,17-18H,5-14H2,1-4H3/b16-15+. The van der Waals surface area contributed by atoms with Gasteiger partial charge in [0.2, 0.25) is 0 Å². The summed E-state index contributed by atoms with van der Waals surface area (Å²) in [6.07, 6.45) is 7.41. The van der Waals surface area contributed by atoms with Gasteiger partial charge in [0.1, 0.15) is 0 Å². The lowest BCUT2D eigenvalue weighted by Gasteiger charge is -2.19. The van der Waals surface area contributed by atoms with Crippen LogP contribution in [0.15, 0.2) is 11.4 Å². The quantitative estimate of drug-likeness (QED) is 0.329. The van der Waals surface area contributed by atoms with Gasteiger partial charge in [0.25, 0.3) is 0 Å². The summed E-state index contributed by atoms with van der Waals surface area (Å²) in [5.41, 5.74) is 0.809. The van der Waals surface area contributed by atoms with Crippen molar-refractivity contribution in [2.24, 2.45) is 0 Å². The number of aliphatic hydroxyl groups is 1. The Balaban J connectivity index is 4.89. The van der Waals surface area contributed by atoms with Gasteiger partial charge in [-0.25, -0.2) is 0 Å². The molecule has 22 heavy (non-hydrogen) atoms. The molecule has 132 valence electrons. The fourth-order valence-corrected chi connectivity index (χ4v) is 3.97. The molecule has 5 heteroatoms. The van der Waals surface area contributed by atoms with Crippen molar-refractivity contribution in [2.75, 3.05) is 13.2 Å². The van der Waals surface area contributed by atoms with E-state index < -0.39 is 13.7 Å². The van der Waals surface area contributed by atoms with Gasteiger partial charge in [0.15, 0.2) is 0 Å². The van der Waals surface area contributed by atoms with Gasteiger partial charge in [0.05, 0.1) is 19.3 Å². The first-order chi connectivity index (χ1) is 10.5. The fourth-order valence-electron chi connectivity index (χ4n) is 2.32. The highest BCUT2D eigenvalue weighted by Crippen LogP contribution is 2.51. The highest BCUT2D eigenvalue weighted by Gasteiger charge is 2.23. The van der Waals surface area contributed by atoms with Crippen molar-refractivity contribution < 1.29 is 18.7 Å². The lowest BCUT2D eigenvalue weighted by Crippen LogP contribution is -2.11. The summed E-state index contributed by atoms with van der Waals surface area (Å²) in [5, 5.41) is 10.4. The van der Waals surface area contributed by atoms with E-state index >= 15 is 0 Å². The van der Waals surface area contributed by atoms with Crippen LogP contribution in [-0.4, -0.2) is 24.4 Å². The van der Waals surface area contributed by atoms with Crippen LogP contribution in [0.3, 0.4) is 0 Å². The third-order valence-electron chi connectivity index (χ3n) is 3.52. The molecule has 1 N–H and O–H groups in total. The molecular weight excluding hydrogens is 299 g/mol. The fraction of sp³-hybridized carbons (Fsp3) is 0.882. The molecule has 0 rings (SSSR count). The predicted molar refractivity (Wildman–Crippen MR) is 93.2 cm³/mol. The van der Waals surface area contributed by atoms with Gasteiger partial charge in [-0.15, -0.1) is 0 Å². The van der Waals surface area contributed by atoms with Crippen molar-refractivity contribution in [3.8, 4) is 0 Å². The second kappa shape index (κ2) is 13.3. The molecule has 0 spiro atoms. The molecule has 1 unspecified atom stereocenters. The first-order valence-corrected chi connectivity index (χ1v) is 10.4.